The number of aryl methyl sites for hydroxylation is 2. The summed E-state index contributed by atoms with van der Waals surface area (Å²) in [6, 6.07) is 1.81. The van der Waals surface area contributed by atoms with Gasteiger partial charge in [0.2, 0.25) is 0 Å². The summed E-state index contributed by atoms with van der Waals surface area (Å²) in [5, 5.41) is 0. The number of nitrogens with zero attached hydrogens (tertiary/aromatic N) is 1. The Morgan fingerprint density at radius 3 is 2.76 bits per heavy atom. The Labute approximate surface area is 147 Å². The molecule has 0 aliphatic heterocycles. The van der Waals surface area contributed by atoms with E-state index in [1.54, 1.807) is 18.0 Å². The predicted octanol–water partition coefficient (Wildman–Crippen LogP) is 2.06. The van der Waals surface area contributed by atoms with Gasteiger partial charge in [0.1, 0.15) is 5.56 Å². The molecule has 0 aromatic carbocycles. The fraction of sp³-hybridized carbons (Fsp3) is 0.632. The van der Waals surface area contributed by atoms with Gasteiger partial charge in [0, 0.05) is 18.8 Å². The largest absolute Gasteiger partial charge is 0.452 e. The van der Waals surface area contributed by atoms with Gasteiger partial charge in [-0.15, -0.1) is 0 Å². The zero-order valence-electron chi connectivity index (χ0n) is 15.0. The molecule has 6 nitrogen and oxygen atoms in total. The van der Waals surface area contributed by atoms with Gasteiger partial charge in [-0.1, -0.05) is 19.8 Å². The zero-order valence-corrected chi connectivity index (χ0v) is 15.0. The Hall–Kier alpha value is -2.11. The van der Waals surface area contributed by atoms with Crippen molar-refractivity contribution in [1.29, 1.82) is 0 Å². The van der Waals surface area contributed by atoms with E-state index in [2.05, 4.69) is 11.9 Å². The highest BCUT2D eigenvalue weighted by Crippen LogP contribution is 2.27. The Kier molecular flexibility index (Phi) is 5.25. The zero-order chi connectivity index (χ0) is 18.0. The number of carbonyl (C=O) groups is 2. The summed E-state index contributed by atoms with van der Waals surface area (Å²) in [5.74, 6) is -0.489. The van der Waals surface area contributed by atoms with Crippen LogP contribution < -0.4 is 5.56 Å². The van der Waals surface area contributed by atoms with Crippen LogP contribution in [0, 0.1) is 5.92 Å². The number of aromatic nitrogens is 1. The van der Waals surface area contributed by atoms with Crippen LogP contribution in [0.5, 0.6) is 0 Å². The molecule has 2 atom stereocenters. The Bertz CT molecular complexity index is 725. The molecule has 1 amide bonds. The summed E-state index contributed by atoms with van der Waals surface area (Å²) in [4.78, 5) is 41.1. The number of fused-ring (bicyclic) bond motifs is 1. The van der Waals surface area contributed by atoms with Crippen molar-refractivity contribution in [3.8, 4) is 0 Å². The highest BCUT2D eigenvalue weighted by molar-refractivity contribution is 5.91. The van der Waals surface area contributed by atoms with E-state index in [9.17, 15) is 14.4 Å². The van der Waals surface area contributed by atoms with Crippen LogP contribution in [0.25, 0.3) is 0 Å². The molecule has 1 N–H and O–H groups in total. The number of pyridine rings is 1. The smallest absolute Gasteiger partial charge is 0.344 e. The number of H-pyrrole nitrogens is 1. The molecule has 136 valence electrons. The normalized spacial score (nSPS) is 22.3. The molecule has 1 aromatic rings. The molecule has 0 bridgehead atoms. The number of hydrogen-bond acceptors (Lipinski definition) is 4. The number of ether oxygens (including phenoxy) is 1. The van der Waals surface area contributed by atoms with E-state index < -0.39 is 11.5 Å². The summed E-state index contributed by atoms with van der Waals surface area (Å²) >= 11 is 0. The van der Waals surface area contributed by atoms with Crippen molar-refractivity contribution in [2.24, 2.45) is 5.92 Å². The lowest BCUT2D eigenvalue weighted by molar-refractivity contribution is -0.136. The monoisotopic (exact) mass is 346 g/mol. The second-order valence-electron chi connectivity index (χ2n) is 7.28. The van der Waals surface area contributed by atoms with E-state index in [0.717, 1.165) is 49.8 Å². The average Bonchev–Trinajstić information content (AvgIpc) is 3.05. The van der Waals surface area contributed by atoms with Crippen LogP contribution in [0.4, 0.5) is 0 Å². The number of likely N-dealkylation sites (N-methyl/N-ethyl adjacent to an activating group) is 1. The number of nitrogens with one attached hydrogen (secondary N) is 1. The third-order valence-electron chi connectivity index (χ3n) is 5.59. The van der Waals surface area contributed by atoms with Crippen molar-refractivity contribution in [2.45, 2.75) is 57.9 Å². The average molecular weight is 346 g/mol. The van der Waals surface area contributed by atoms with Crippen LogP contribution >= 0.6 is 0 Å². The van der Waals surface area contributed by atoms with E-state index in [0.29, 0.717) is 5.92 Å². The highest BCUT2D eigenvalue weighted by atomic mass is 16.5. The van der Waals surface area contributed by atoms with Gasteiger partial charge in [-0.25, -0.2) is 4.79 Å². The van der Waals surface area contributed by atoms with Crippen LogP contribution in [0.15, 0.2) is 10.9 Å². The molecule has 0 unspecified atom stereocenters. The second-order valence-corrected chi connectivity index (χ2v) is 7.28. The molecule has 1 heterocycles. The van der Waals surface area contributed by atoms with Crippen molar-refractivity contribution in [3.63, 3.8) is 0 Å². The summed E-state index contributed by atoms with van der Waals surface area (Å²) < 4.78 is 5.13. The van der Waals surface area contributed by atoms with Crippen molar-refractivity contribution in [1.82, 2.24) is 9.88 Å². The molecule has 0 spiro atoms. The first-order valence-electron chi connectivity index (χ1n) is 9.15. The first-order valence-corrected chi connectivity index (χ1v) is 9.15. The fourth-order valence-electron chi connectivity index (χ4n) is 4.03. The van der Waals surface area contributed by atoms with E-state index in [1.807, 2.05) is 0 Å². The van der Waals surface area contributed by atoms with Crippen LogP contribution in [-0.2, 0) is 22.4 Å². The minimum absolute atomic E-state index is 0.0119. The molecule has 0 saturated heterocycles. The summed E-state index contributed by atoms with van der Waals surface area (Å²) in [6.07, 6.45) is 7.10. The lowest BCUT2D eigenvalue weighted by Crippen LogP contribution is -2.44. The first-order chi connectivity index (χ1) is 12.0. The summed E-state index contributed by atoms with van der Waals surface area (Å²) in [5.41, 5.74) is 1.45. The van der Waals surface area contributed by atoms with Crippen molar-refractivity contribution in [2.75, 3.05) is 13.7 Å². The minimum Gasteiger partial charge on any atom is -0.452 e. The highest BCUT2D eigenvalue weighted by Gasteiger charge is 2.28. The van der Waals surface area contributed by atoms with Crippen LogP contribution in [-0.4, -0.2) is 41.5 Å². The summed E-state index contributed by atoms with van der Waals surface area (Å²) in [6.45, 7) is 1.83. The standard InChI is InChI=1S/C19H26N2O4/c1-12-6-3-4-9-16(12)21(2)17(22)11-25-19(24)14-10-13-7-5-8-15(13)20-18(14)23/h10,12,16H,3-9,11H2,1-2H3,(H,20,23)/t12-,16+/m1/s1. The SMILES string of the molecule is C[C@@H]1CCCC[C@@H]1N(C)C(=O)COC(=O)c1cc2c([nH]c1=O)CCC2. The fourth-order valence-corrected chi connectivity index (χ4v) is 4.03. The van der Waals surface area contributed by atoms with E-state index in [1.165, 1.54) is 6.42 Å². The molecule has 1 fully saturated rings. The molecule has 6 heteroatoms. The van der Waals surface area contributed by atoms with Crippen LogP contribution in [0.3, 0.4) is 0 Å². The van der Waals surface area contributed by atoms with Gasteiger partial charge in [0.05, 0.1) is 0 Å². The third kappa shape index (κ3) is 3.78. The molecule has 25 heavy (non-hydrogen) atoms. The minimum atomic E-state index is -0.727. The third-order valence-corrected chi connectivity index (χ3v) is 5.59. The van der Waals surface area contributed by atoms with Crippen molar-refractivity contribution < 1.29 is 14.3 Å². The van der Waals surface area contributed by atoms with Gasteiger partial charge in [0.15, 0.2) is 6.61 Å². The maximum absolute atomic E-state index is 12.4. The summed E-state index contributed by atoms with van der Waals surface area (Å²) in [7, 11) is 1.77. The molecule has 0 radical (unpaired) electrons. The quantitative estimate of drug-likeness (QED) is 0.846. The lowest BCUT2D eigenvalue weighted by Gasteiger charge is -2.36. The molecular weight excluding hydrogens is 320 g/mol. The maximum atomic E-state index is 12.4. The molecule has 2 aliphatic carbocycles. The van der Waals surface area contributed by atoms with Gasteiger partial charge < -0.3 is 14.6 Å². The van der Waals surface area contributed by atoms with Gasteiger partial charge in [0.25, 0.3) is 11.5 Å². The van der Waals surface area contributed by atoms with Gasteiger partial charge in [-0.3, -0.25) is 9.59 Å². The predicted molar refractivity (Wildman–Crippen MR) is 93.6 cm³/mol. The van der Waals surface area contributed by atoms with E-state index >= 15 is 0 Å². The molecule has 3 rings (SSSR count). The lowest BCUT2D eigenvalue weighted by atomic mass is 9.85. The van der Waals surface area contributed by atoms with Crippen molar-refractivity contribution in [3.05, 3.63) is 33.2 Å². The van der Waals surface area contributed by atoms with E-state index in [4.69, 9.17) is 4.74 Å². The molecule has 1 saturated carbocycles. The van der Waals surface area contributed by atoms with Gasteiger partial charge in [-0.2, -0.15) is 0 Å². The number of rotatable bonds is 4. The number of hydrogen-bond donors (Lipinski definition) is 1. The first kappa shape index (κ1) is 17.7. The van der Waals surface area contributed by atoms with Crippen LogP contribution in [0.1, 0.15) is 60.6 Å². The number of aromatic amines is 1. The number of carbonyl (C=O) groups excluding carboxylic acids is 2. The molecule has 2 aliphatic rings. The van der Waals surface area contributed by atoms with Gasteiger partial charge >= 0.3 is 5.97 Å². The van der Waals surface area contributed by atoms with Crippen molar-refractivity contribution >= 4 is 11.9 Å². The Balaban J connectivity index is 1.60. The van der Waals surface area contributed by atoms with Crippen LogP contribution in [0.2, 0.25) is 0 Å². The number of amides is 1. The number of esters is 1. The van der Waals surface area contributed by atoms with Gasteiger partial charge in [-0.05, 0) is 49.7 Å². The Morgan fingerprint density at radius 1 is 1.24 bits per heavy atom. The molecular formula is C19H26N2O4. The topological polar surface area (TPSA) is 79.5 Å². The maximum Gasteiger partial charge on any atom is 0.344 e. The molecule has 1 aromatic heterocycles. The van der Waals surface area contributed by atoms with E-state index in [-0.39, 0.29) is 24.1 Å². The second kappa shape index (κ2) is 7.42. The Morgan fingerprint density at radius 2 is 2.00 bits per heavy atom.